The Labute approximate surface area is 156 Å². The van der Waals surface area contributed by atoms with Gasteiger partial charge in [0.05, 0.1) is 5.41 Å². The summed E-state index contributed by atoms with van der Waals surface area (Å²) in [5.74, 6) is -1.03. The molecule has 2 aromatic rings. The number of primary amides is 1. The van der Waals surface area contributed by atoms with E-state index in [1.807, 2.05) is 0 Å². The molecule has 0 aliphatic rings. The van der Waals surface area contributed by atoms with Crippen LogP contribution in [0.15, 0.2) is 6.20 Å². The highest BCUT2D eigenvalue weighted by Crippen LogP contribution is 2.38. The number of halogens is 4. The van der Waals surface area contributed by atoms with E-state index < -0.39 is 23.1 Å². The second kappa shape index (κ2) is 7.23. The lowest BCUT2D eigenvalue weighted by atomic mass is 9.94. The molecule has 2 rings (SSSR count). The number of alkyl halides is 3. The third-order valence-electron chi connectivity index (χ3n) is 3.40. The molecule has 0 spiro atoms. The zero-order chi connectivity index (χ0) is 19.7. The highest BCUT2D eigenvalue weighted by Gasteiger charge is 2.35. The maximum absolute atomic E-state index is 13.0. The topological polar surface area (TPSA) is 106 Å². The third-order valence-corrected chi connectivity index (χ3v) is 5.08. The molecular weight excluding hydrogens is 393 g/mol. The average molecular weight is 409 g/mol. The molecule has 0 aliphatic carbocycles. The summed E-state index contributed by atoms with van der Waals surface area (Å²) in [6.45, 7) is 5.07. The first-order valence-corrected chi connectivity index (χ1v) is 8.58. The fraction of sp³-hybridized carbons (Fsp3) is 0.429. The molecule has 1 amide bonds. The van der Waals surface area contributed by atoms with E-state index in [-0.39, 0.29) is 28.5 Å². The van der Waals surface area contributed by atoms with Gasteiger partial charge in [-0.15, -0.1) is 0 Å². The van der Waals surface area contributed by atoms with Gasteiger partial charge in [0.25, 0.3) is 0 Å². The van der Waals surface area contributed by atoms with Crippen molar-refractivity contribution in [3.05, 3.63) is 21.9 Å². The Balaban J connectivity index is 2.36. The van der Waals surface area contributed by atoms with Crippen LogP contribution in [0.3, 0.4) is 0 Å². The van der Waals surface area contributed by atoms with Gasteiger partial charge in [-0.2, -0.15) is 18.2 Å². The van der Waals surface area contributed by atoms with E-state index in [0.717, 1.165) is 11.3 Å². The Morgan fingerprint density at radius 2 is 2.00 bits per heavy atom. The summed E-state index contributed by atoms with van der Waals surface area (Å²) in [6.07, 6.45) is -3.91. The lowest BCUT2D eigenvalue weighted by Crippen LogP contribution is -2.35. The van der Waals surface area contributed by atoms with E-state index in [1.54, 1.807) is 20.8 Å². The van der Waals surface area contributed by atoms with Crippen molar-refractivity contribution in [3.8, 4) is 0 Å². The maximum Gasteiger partial charge on any atom is 0.421 e. The molecule has 0 atom stereocenters. The van der Waals surface area contributed by atoms with Gasteiger partial charge in [-0.1, -0.05) is 22.9 Å². The first-order valence-electron chi connectivity index (χ1n) is 7.38. The summed E-state index contributed by atoms with van der Waals surface area (Å²) in [6, 6.07) is 0. The number of hydrogen-bond acceptors (Lipinski definition) is 7. The van der Waals surface area contributed by atoms with Crippen LogP contribution in [-0.4, -0.2) is 27.4 Å². The molecule has 7 nitrogen and oxygen atoms in total. The van der Waals surface area contributed by atoms with Crippen LogP contribution in [0.4, 0.5) is 29.9 Å². The molecule has 0 fully saturated rings. The summed E-state index contributed by atoms with van der Waals surface area (Å²) in [4.78, 5) is 23.1. The Morgan fingerprint density at radius 3 is 2.54 bits per heavy atom. The molecule has 0 saturated carbocycles. The number of nitrogens with two attached hydrogens (primary N) is 1. The number of thiazole rings is 1. The van der Waals surface area contributed by atoms with Gasteiger partial charge in [0, 0.05) is 12.7 Å². The van der Waals surface area contributed by atoms with E-state index >= 15 is 0 Å². The lowest BCUT2D eigenvalue weighted by Gasteiger charge is -2.16. The van der Waals surface area contributed by atoms with Gasteiger partial charge in [0.1, 0.15) is 21.4 Å². The molecule has 0 aliphatic heterocycles. The van der Waals surface area contributed by atoms with E-state index in [2.05, 4.69) is 25.6 Å². The molecule has 12 heteroatoms. The number of aromatic nitrogens is 3. The minimum absolute atomic E-state index is 0.0350. The van der Waals surface area contributed by atoms with Crippen LogP contribution >= 0.6 is 22.9 Å². The minimum Gasteiger partial charge on any atom is -0.370 e. The number of amides is 1. The monoisotopic (exact) mass is 408 g/mol. The van der Waals surface area contributed by atoms with Crippen LogP contribution in [0.2, 0.25) is 5.15 Å². The van der Waals surface area contributed by atoms with Crippen LogP contribution in [0.1, 0.15) is 31.3 Å². The minimum atomic E-state index is -4.59. The van der Waals surface area contributed by atoms with Gasteiger partial charge in [-0.3, -0.25) is 4.79 Å². The smallest absolute Gasteiger partial charge is 0.370 e. The first-order chi connectivity index (χ1) is 12.0. The van der Waals surface area contributed by atoms with E-state index in [9.17, 15) is 18.0 Å². The molecule has 0 saturated heterocycles. The maximum atomic E-state index is 13.0. The highest BCUT2D eigenvalue weighted by atomic mass is 35.5. The predicted molar refractivity (Wildman–Crippen MR) is 93.8 cm³/mol. The van der Waals surface area contributed by atoms with Crippen molar-refractivity contribution >= 4 is 45.6 Å². The number of carbonyl (C=O) groups is 1. The fourth-order valence-corrected chi connectivity index (χ4v) is 3.06. The zero-order valence-corrected chi connectivity index (χ0v) is 15.6. The van der Waals surface area contributed by atoms with Crippen LogP contribution in [-0.2, 0) is 16.4 Å². The van der Waals surface area contributed by atoms with E-state index in [0.29, 0.717) is 11.2 Å². The van der Waals surface area contributed by atoms with Crippen molar-refractivity contribution < 1.29 is 18.0 Å². The lowest BCUT2D eigenvalue weighted by molar-refractivity contribution is -0.137. The van der Waals surface area contributed by atoms with Crippen molar-refractivity contribution in [2.24, 2.45) is 5.73 Å². The number of carbonyl (C=O) groups excluding carboxylic acids is 1. The van der Waals surface area contributed by atoms with E-state index in [1.165, 1.54) is 0 Å². The molecule has 0 unspecified atom stereocenters. The molecule has 4 N–H and O–H groups in total. The first kappa shape index (κ1) is 20.2. The number of hydrogen-bond donors (Lipinski definition) is 3. The molecule has 0 radical (unpaired) electrons. The van der Waals surface area contributed by atoms with Gasteiger partial charge in [0.2, 0.25) is 11.9 Å². The fourth-order valence-electron chi connectivity index (χ4n) is 1.80. The summed E-state index contributed by atoms with van der Waals surface area (Å²) in [5.41, 5.74) is 3.32. The molecule has 142 valence electrons. The second-order valence-corrected chi connectivity index (χ2v) is 7.09. The van der Waals surface area contributed by atoms with Gasteiger partial charge in [-0.25, -0.2) is 9.97 Å². The molecule has 2 aromatic heterocycles. The number of anilines is 3. The molecule has 0 bridgehead atoms. The summed E-state index contributed by atoms with van der Waals surface area (Å²) in [5, 5.41) is 5.96. The Hall–Kier alpha value is -2.14. The van der Waals surface area contributed by atoms with Gasteiger partial charge >= 0.3 is 6.18 Å². The summed E-state index contributed by atoms with van der Waals surface area (Å²) >= 11 is 7.08. The van der Waals surface area contributed by atoms with Crippen LogP contribution in [0, 0.1) is 0 Å². The quantitative estimate of drug-likeness (QED) is 0.675. The number of rotatable bonds is 6. The Bertz CT molecular complexity index is 823. The standard InChI is InChI=1S/C14H16ClF3N6OS/c1-4-20-8-6(14(16,17)18)5-21-12(23-8)24-9-7(15)22-11(26-9)13(2,3)10(19)25/h5H,4H2,1-3H3,(H2,19,25)(H2,20,21,23,24). The van der Waals surface area contributed by atoms with Gasteiger partial charge in [-0.05, 0) is 20.8 Å². The van der Waals surface area contributed by atoms with Crippen molar-refractivity contribution in [2.75, 3.05) is 17.2 Å². The van der Waals surface area contributed by atoms with Crippen molar-refractivity contribution in [1.82, 2.24) is 15.0 Å². The Morgan fingerprint density at radius 1 is 1.35 bits per heavy atom. The summed E-state index contributed by atoms with van der Waals surface area (Å²) < 4.78 is 39.0. The molecule has 0 aromatic carbocycles. The van der Waals surface area contributed by atoms with Gasteiger partial charge in [0.15, 0.2) is 5.15 Å². The number of nitrogens with one attached hydrogen (secondary N) is 2. The average Bonchev–Trinajstić information content (AvgIpc) is 2.88. The van der Waals surface area contributed by atoms with Crippen LogP contribution < -0.4 is 16.4 Å². The van der Waals surface area contributed by atoms with Gasteiger partial charge < -0.3 is 16.4 Å². The molecule has 26 heavy (non-hydrogen) atoms. The van der Waals surface area contributed by atoms with E-state index in [4.69, 9.17) is 17.3 Å². The highest BCUT2D eigenvalue weighted by molar-refractivity contribution is 7.16. The third kappa shape index (κ3) is 4.15. The van der Waals surface area contributed by atoms with Crippen molar-refractivity contribution in [1.29, 1.82) is 0 Å². The predicted octanol–water partition coefficient (Wildman–Crippen LogP) is 3.54. The Kier molecular flexibility index (Phi) is 5.61. The molecule has 2 heterocycles. The molecular formula is C14H16ClF3N6OS. The van der Waals surface area contributed by atoms with Crippen molar-refractivity contribution in [2.45, 2.75) is 32.4 Å². The zero-order valence-electron chi connectivity index (χ0n) is 14.0. The van der Waals surface area contributed by atoms with Crippen LogP contribution in [0.5, 0.6) is 0 Å². The normalized spacial score (nSPS) is 12.1. The largest absolute Gasteiger partial charge is 0.421 e. The van der Waals surface area contributed by atoms with Crippen LogP contribution in [0.25, 0.3) is 0 Å². The number of nitrogens with zero attached hydrogens (tertiary/aromatic N) is 3. The van der Waals surface area contributed by atoms with Crippen molar-refractivity contribution in [3.63, 3.8) is 0 Å². The summed E-state index contributed by atoms with van der Waals surface area (Å²) in [7, 11) is 0. The SMILES string of the molecule is CCNc1nc(Nc2sc(C(C)(C)C(N)=O)nc2Cl)ncc1C(F)(F)F. The second-order valence-electron chi connectivity index (χ2n) is 5.74.